The lowest BCUT2D eigenvalue weighted by Crippen LogP contribution is -2.54. The van der Waals surface area contributed by atoms with Crippen molar-refractivity contribution in [1.29, 1.82) is 0 Å². The van der Waals surface area contributed by atoms with Gasteiger partial charge >= 0.3 is 0 Å². The van der Waals surface area contributed by atoms with Gasteiger partial charge in [0.05, 0.1) is 4.90 Å². The van der Waals surface area contributed by atoms with Crippen LogP contribution >= 0.6 is 11.6 Å². The minimum atomic E-state index is -3.88. The number of nitrogens with one attached hydrogen (secondary N) is 2. The topological polar surface area (TPSA) is 95.6 Å². The molecule has 7 nitrogen and oxygen atoms in total. The van der Waals surface area contributed by atoms with Crippen molar-refractivity contribution in [2.45, 2.75) is 56.5 Å². The van der Waals surface area contributed by atoms with Crippen molar-refractivity contribution < 1.29 is 18.0 Å². The van der Waals surface area contributed by atoms with E-state index in [-0.39, 0.29) is 34.6 Å². The average Bonchev–Trinajstić information content (AvgIpc) is 3.51. The fraction of sp³-hybridized carbons (Fsp3) is 0.600. The van der Waals surface area contributed by atoms with E-state index in [1.54, 1.807) is 26.0 Å². The molecule has 1 saturated heterocycles. The predicted octanol–water partition coefficient (Wildman–Crippen LogP) is 2.16. The average molecular weight is 442 g/mol. The maximum atomic E-state index is 12.8. The highest BCUT2D eigenvalue weighted by atomic mass is 35.5. The standard InChI is InChI=1S/C20H28ClN3O4S/c1-13(2)18(23-29(27,28)17-5-3-4-15(21)12-17)19(25)22-16-8-10-24(11-9-16)20(26)14-6-7-14/h3-5,12-14,16,18,23H,6-11H2,1-2H3,(H,22,25). The summed E-state index contributed by atoms with van der Waals surface area (Å²) in [4.78, 5) is 26.9. The first-order chi connectivity index (χ1) is 13.7. The Kier molecular flexibility index (Phi) is 6.86. The molecular formula is C20H28ClN3O4S. The first-order valence-electron chi connectivity index (χ1n) is 10.0. The highest BCUT2D eigenvalue weighted by Gasteiger charge is 2.36. The second kappa shape index (κ2) is 9.02. The van der Waals surface area contributed by atoms with Crippen molar-refractivity contribution in [2.24, 2.45) is 11.8 Å². The maximum absolute atomic E-state index is 12.8. The van der Waals surface area contributed by atoms with Crippen LogP contribution in [0.15, 0.2) is 29.2 Å². The smallest absolute Gasteiger partial charge is 0.241 e. The number of hydrogen-bond acceptors (Lipinski definition) is 4. The maximum Gasteiger partial charge on any atom is 0.241 e. The zero-order chi connectivity index (χ0) is 21.2. The van der Waals surface area contributed by atoms with Crippen LogP contribution in [0.5, 0.6) is 0 Å². The molecule has 1 unspecified atom stereocenters. The van der Waals surface area contributed by atoms with E-state index in [0.29, 0.717) is 31.0 Å². The van der Waals surface area contributed by atoms with Crippen molar-refractivity contribution in [3.05, 3.63) is 29.3 Å². The Balaban J connectivity index is 1.59. The third-order valence-corrected chi connectivity index (χ3v) is 7.09. The van der Waals surface area contributed by atoms with Crippen LogP contribution in [0.2, 0.25) is 5.02 Å². The van der Waals surface area contributed by atoms with Crippen LogP contribution in [0, 0.1) is 11.8 Å². The molecule has 1 heterocycles. The third-order valence-electron chi connectivity index (χ3n) is 5.42. The van der Waals surface area contributed by atoms with Gasteiger partial charge in [0.15, 0.2) is 0 Å². The fourth-order valence-electron chi connectivity index (χ4n) is 3.49. The summed E-state index contributed by atoms with van der Waals surface area (Å²) < 4.78 is 27.9. The van der Waals surface area contributed by atoms with Crippen molar-refractivity contribution >= 4 is 33.4 Å². The summed E-state index contributed by atoms with van der Waals surface area (Å²) in [5.74, 6) is -0.158. The molecule has 2 N–H and O–H groups in total. The van der Waals surface area contributed by atoms with Crippen molar-refractivity contribution in [3.63, 3.8) is 0 Å². The van der Waals surface area contributed by atoms with E-state index >= 15 is 0 Å². The van der Waals surface area contributed by atoms with E-state index in [2.05, 4.69) is 10.0 Å². The van der Waals surface area contributed by atoms with Gasteiger partial charge in [-0.25, -0.2) is 8.42 Å². The lowest BCUT2D eigenvalue weighted by molar-refractivity contribution is -0.133. The molecule has 2 aliphatic rings. The molecule has 1 atom stereocenters. The van der Waals surface area contributed by atoms with Gasteiger partial charge in [0.25, 0.3) is 0 Å². The molecule has 2 fully saturated rings. The van der Waals surface area contributed by atoms with E-state index in [1.165, 1.54) is 12.1 Å². The second-order valence-electron chi connectivity index (χ2n) is 8.18. The molecule has 1 aromatic rings. The largest absolute Gasteiger partial charge is 0.352 e. The van der Waals surface area contributed by atoms with Crippen LogP contribution in [0.25, 0.3) is 0 Å². The van der Waals surface area contributed by atoms with Crippen LogP contribution in [-0.4, -0.2) is 50.3 Å². The molecule has 1 aliphatic heterocycles. The van der Waals surface area contributed by atoms with Gasteiger partial charge in [-0.05, 0) is 49.8 Å². The normalized spacial score (nSPS) is 19.2. The highest BCUT2D eigenvalue weighted by Crippen LogP contribution is 2.31. The van der Waals surface area contributed by atoms with Crippen molar-refractivity contribution in [1.82, 2.24) is 14.9 Å². The van der Waals surface area contributed by atoms with E-state index in [4.69, 9.17) is 11.6 Å². The minimum absolute atomic E-state index is 0.0235. The van der Waals surface area contributed by atoms with E-state index in [0.717, 1.165) is 12.8 Å². The summed E-state index contributed by atoms with van der Waals surface area (Å²) in [6, 6.07) is 4.97. The number of likely N-dealkylation sites (tertiary alicyclic amines) is 1. The zero-order valence-corrected chi connectivity index (χ0v) is 18.3. The molecule has 9 heteroatoms. The van der Waals surface area contributed by atoms with Crippen molar-refractivity contribution in [3.8, 4) is 0 Å². The Morgan fingerprint density at radius 2 is 1.79 bits per heavy atom. The Morgan fingerprint density at radius 3 is 2.34 bits per heavy atom. The highest BCUT2D eigenvalue weighted by molar-refractivity contribution is 7.89. The fourth-order valence-corrected chi connectivity index (χ4v) is 5.13. The number of sulfonamides is 1. The molecule has 0 aromatic heterocycles. The number of halogens is 1. The van der Waals surface area contributed by atoms with Gasteiger partial charge < -0.3 is 10.2 Å². The van der Waals surface area contributed by atoms with Gasteiger partial charge in [0.1, 0.15) is 6.04 Å². The van der Waals surface area contributed by atoms with Gasteiger partial charge in [0.2, 0.25) is 21.8 Å². The number of carbonyl (C=O) groups excluding carboxylic acids is 2. The Morgan fingerprint density at radius 1 is 1.14 bits per heavy atom. The number of carbonyl (C=O) groups is 2. The SMILES string of the molecule is CC(C)C(NS(=O)(=O)c1cccc(Cl)c1)C(=O)NC1CCN(C(=O)C2CC2)CC1. The molecule has 2 amide bonds. The van der Waals surface area contributed by atoms with Crippen LogP contribution in [0.1, 0.15) is 39.5 Å². The van der Waals surface area contributed by atoms with Gasteiger partial charge in [-0.1, -0.05) is 31.5 Å². The summed E-state index contributed by atoms with van der Waals surface area (Å²) in [7, 11) is -3.88. The molecule has 0 radical (unpaired) electrons. The number of amides is 2. The summed E-state index contributed by atoms with van der Waals surface area (Å²) in [5, 5.41) is 3.27. The van der Waals surface area contributed by atoms with Crippen LogP contribution in [-0.2, 0) is 19.6 Å². The first kappa shape index (κ1) is 22.1. The number of nitrogens with zero attached hydrogens (tertiary/aromatic N) is 1. The number of hydrogen-bond donors (Lipinski definition) is 2. The zero-order valence-electron chi connectivity index (χ0n) is 16.7. The second-order valence-corrected chi connectivity index (χ2v) is 10.3. The summed E-state index contributed by atoms with van der Waals surface area (Å²) in [5.41, 5.74) is 0. The molecule has 1 aromatic carbocycles. The lowest BCUT2D eigenvalue weighted by Gasteiger charge is -2.33. The molecule has 160 valence electrons. The van der Waals surface area contributed by atoms with E-state index < -0.39 is 16.1 Å². The van der Waals surface area contributed by atoms with Crippen LogP contribution in [0.4, 0.5) is 0 Å². The van der Waals surface area contributed by atoms with E-state index in [1.807, 2.05) is 4.90 Å². The van der Waals surface area contributed by atoms with Gasteiger partial charge in [-0.3, -0.25) is 9.59 Å². The summed E-state index contributed by atoms with van der Waals surface area (Å²) in [6.45, 7) is 4.84. The molecular weight excluding hydrogens is 414 g/mol. The van der Waals surface area contributed by atoms with Gasteiger partial charge in [-0.15, -0.1) is 0 Å². The molecule has 29 heavy (non-hydrogen) atoms. The van der Waals surface area contributed by atoms with Crippen LogP contribution < -0.4 is 10.0 Å². The van der Waals surface area contributed by atoms with Gasteiger partial charge in [-0.2, -0.15) is 4.72 Å². The van der Waals surface area contributed by atoms with Crippen LogP contribution in [0.3, 0.4) is 0 Å². The lowest BCUT2D eigenvalue weighted by atomic mass is 10.0. The molecule has 1 aliphatic carbocycles. The van der Waals surface area contributed by atoms with Crippen molar-refractivity contribution in [2.75, 3.05) is 13.1 Å². The van der Waals surface area contributed by atoms with Gasteiger partial charge in [0, 0.05) is 30.1 Å². The number of rotatable bonds is 7. The molecule has 3 rings (SSSR count). The number of piperidine rings is 1. The molecule has 1 saturated carbocycles. The Bertz CT molecular complexity index is 862. The summed E-state index contributed by atoms with van der Waals surface area (Å²) >= 11 is 5.90. The van der Waals surface area contributed by atoms with E-state index in [9.17, 15) is 18.0 Å². The minimum Gasteiger partial charge on any atom is -0.352 e. The summed E-state index contributed by atoms with van der Waals surface area (Å²) in [6.07, 6.45) is 3.32. The monoisotopic (exact) mass is 441 g/mol. The molecule has 0 bridgehead atoms. The Hall–Kier alpha value is -1.64. The number of benzene rings is 1. The predicted molar refractivity (Wildman–Crippen MR) is 111 cm³/mol. The third kappa shape index (κ3) is 5.71. The Labute approximate surface area is 177 Å². The quantitative estimate of drug-likeness (QED) is 0.677. The molecule has 0 spiro atoms. The first-order valence-corrected chi connectivity index (χ1v) is 11.9.